The molecule has 1 amide bonds. The fraction of sp³-hybridized carbons (Fsp3) is 0.929. The van der Waals surface area contributed by atoms with Crippen molar-refractivity contribution in [1.82, 2.24) is 10.2 Å². The summed E-state index contributed by atoms with van der Waals surface area (Å²) in [5.41, 5.74) is 0.188. The maximum absolute atomic E-state index is 12.0. The van der Waals surface area contributed by atoms with Crippen LogP contribution in [0.5, 0.6) is 0 Å². The quantitative estimate of drug-likeness (QED) is 0.805. The molecule has 1 saturated carbocycles. The molecule has 0 aromatic heterocycles. The van der Waals surface area contributed by atoms with Gasteiger partial charge in [-0.25, -0.2) is 0 Å². The van der Waals surface area contributed by atoms with E-state index in [0.29, 0.717) is 0 Å². The molecule has 3 fully saturated rings. The topological polar surface area (TPSA) is 41.6 Å². The highest BCUT2D eigenvalue weighted by molar-refractivity contribution is 5.82. The van der Waals surface area contributed by atoms with E-state index in [4.69, 9.17) is 4.74 Å². The third-order valence-electron chi connectivity index (χ3n) is 4.79. The first-order chi connectivity index (χ1) is 8.69. The van der Waals surface area contributed by atoms with Crippen LogP contribution in [0.15, 0.2) is 0 Å². The van der Waals surface area contributed by atoms with Gasteiger partial charge in [0.05, 0.1) is 17.7 Å². The lowest BCUT2D eigenvalue weighted by molar-refractivity contribution is -0.138. The second kappa shape index (κ2) is 4.82. The summed E-state index contributed by atoms with van der Waals surface area (Å²) in [4.78, 5) is 14.0. The third-order valence-corrected chi connectivity index (χ3v) is 4.79. The van der Waals surface area contributed by atoms with Gasteiger partial charge in [0.15, 0.2) is 0 Å². The Kier molecular flexibility index (Phi) is 3.32. The number of rotatable bonds is 2. The van der Waals surface area contributed by atoms with Gasteiger partial charge in [-0.2, -0.15) is 0 Å². The summed E-state index contributed by atoms with van der Waals surface area (Å²) in [5.74, 6) is 0.234. The van der Waals surface area contributed by atoms with Crippen LogP contribution in [0.1, 0.15) is 45.4 Å². The van der Waals surface area contributed by atoms with Gasteiger partial charge in [-0.3, -0.25) is 4.79 Å². The molecule has 1 aliphatic carbocycles. The summed E-state index contributed by atoms with van der Waals surface area (Å²) in [7, 11) is 0. The van der Waals surface area contributed by atoms with Crippen molar-refractivity contribution in [1.29, 1.82) is 0 Å². The first kappa shape index (κ1) is 12.4. The normalized spacial score (nSPS) is 35.6. The highest BCUT2D eigenvalue weighted by Crippen LogP contribution is 2.43. The van der Waals surface area contributed by atoms with Crippen LogP contribution in [0.2, 0.25) is 0 Å². The van der Waals surface area contributed by atoms with E-state index in [1.54, 1.807) is 0 Å². The minimum atomic E-state index is -0.0272. The summed E-state index contributed by atoms with van der Waals surface area (Å²) in [6.07, 6.45) is 7.70. The lowest BCUT2D eigenvalue weighted by Gasteiger charge is -2.33. The van der Waals surface area contributed by atoms with Crippen LogP contribution in [-0.2, 0) is 9.53 Å². The molecular weight excluding hydrogens is 228 g/mol. The molecule has 2 aliphatic heterocycles. The summed E-state index contributed by atoms with van der Waals surface area (Å²) in [5, 5.41) is 3.20. The van der Waals surface area contributed by atoms with Gasteiger partial charge in [0.2, 0.25) is 5.91 Å². The van der Waals surface area contributed by atoms with E-state index in [9.17, 15) is 4.79 Å². The number of hydrogen-bond acceptors (Lipinski definition) is 3. The van der Waals surface area contributed by atoms with E-state index in [0.717, 1.165) is 26.1 Å². The maximum Gasteiger partial charge on any atom is 0.239 e. The molecule has 2 heterocycles. The zero-order valence-electron chi connectivity index (χ0n) is 11.3. The Bertz CT molecular complexity index is 326. The van der Waals surface area contributed by atoms with Crippen LogP contribution in [0.4, 0.5) is 0 Å². The Morgan fingerprint density at radius 1 is 1.39 bits per heavy atom. The molecule has 4 heteroatoms. The summed E-state index contributed by atoms with van der Waals surface area (Å²) in [6, 6.07) is -0.0272. The number of amides is 1. The van der Waals surface area contributed by atoms with E-state index in [2.05, 4.69) is 5.32 Å². The smallest absolute Gasteiger partial charge is 0.239 e. The predicted octanol–water partition coefficient (Wildman–Crippen LogP) is 1.30. The number of nitrogens with zero attached hydrogens (tertiary/aromatic N) is 1. The molecule has 3 aliphatic rings. The van der Waals surface area contributed by atoms with E-state index in [-0.39, 0.29) is 23.7 Å². The van der Waals surface area contributed by atoms with Gasteiger partial charge in [-0.15, -0.1) is 0 Å². The minimum Gasteiger partial charge on any atom is -0.370 e. The van der Waals surface area contributed by atoms with Gasteiger partial charge in [0.25, 0.3) is 0 Å². The molecule has 0 aromatic carbocycles. The number of ether oxygens (including phenoxy) is 1. The van der Waals surface area contributed by atoms with Crippen molar-refractivity contribution in [2.75, 3.05) is 19.6 Å². The van der Waals surface area contributed by atoms with Crippen molar-refractivity contribution in [2.45, 2.75) is 63.2 Å². The zero-order chi connectivity index (χ0) is 12.6. The molecule has 2 unspecified atom stereocenters. The van der Waals surface area contributed by atoms with Gasteiger partial charge in [-0.05, 0) is 32.6 Å². The molecule has 18 heavy (non-hydrogen) atoms. The molecule has 102 valence electrons. The van der Waals surface area contributed by atoms with Gasteiger partial charge >= 0.3 is 0 Å². The van der Waals surface area contributed by atoms with Gasteiger partial charge in [0.1, 0.15) is 0 Å². The lowest BCUT2D eigenvalue weighted by atomic mass is 9.98. The molecule has 0 aromatic rings. The van der Waals surface area contributed by atoms with Gasteiger partial charge in [-0.1, -0.05) is 12.8 Å². The monoisotopic (exact) mass is 252 g/mol. The summed E-state index contributed by atoms with van der Waals surface area (Å²) in [6.45, 7) is 4.48. The molecule has 2 atom stereocenters. The number of nitrogens with one attached hydrogen (secondary N) is 1. The molecule has 4 nitrogen and oxygen atoms in total. The molecule has 2 saturated heterocycles. The number of piperazine rings is 1. The Morgan fingerprint density at radius 3 is 2.94 bits per heavy atom. The van der Waals surface area contributed by atoms with E-state index < -0.39 is 0 Å². The molecular formula is C14H24N2O2. The third kappa shape index (κ3) is 2.28. The average molecular weight is 252 g/mol. The highest BCUT2D eigenvalue weighted by Gasteiger charge is 2.43. The number of carbonyl (C=O) groups is 1. The van der Waals surface area contributed by atoms with Crippen molar-refractivity contribution >= 4 is 5.91 Å². The second-order valence-corrected chi connectivity index (χ2v) is 6.13. The van der Waals surface area contributed by atoms with Gasteiger partial charge < -0.3 is 15.0 Å². The standard InChI is InChI=1S/C14H24N2O2/c1-11-13(17)16(9-8-15-11)10-12-4-7-14(18-12)5-2-3-6-14/h11-12,15H,2-10H2,1H3. The molecule has 1 N–H and O–H groups in total. The van der Waals surface area contributed by atoms with Crippen LogP contribution in [-0.4, -0.2) is 48.2 Å². The number of hydrogen-bond donors (Lipinski definition) is 1. The van der Waals surface area contributed by atoms with E-state index in [1.807, 2.05) is 11.8 Å². The van der Waals surface area contributed by atoms with Crippen molar-refractivity contribution < 1.29 is 9.53 Å². The maximum atomic E-state index is 12.0. The van der Waals surface area contributed by atoms with E-state index >= 15 is 0 Å². The second-order valence-electron chi connectivity index (χ2n) is 6.13. The zero-order valence-corrected chi connectivity index (χ0v) is 11.3. The first-order valence-electron chi connectivity index (χ1n) is 7.39. The highest BCUT2D eigenvalue weighted by atomic mass is 16.5. The molecule has 1 spiro atoms. The number of carbonyl (C=O) groups excluding carboxylic acids is 1. The van der Waals surface area contributed by atoms with Crippen LogP contribution in [0.25, 0.3) is 0 Å². The van der Waals surface area contributed by atoms with Crippen molar-refractivity contribution in [3.8, 4) is 0 Å². The predicted molar refractivity (Wildman–Crippen MR) is 69.4 cm³/mol. The molecule has 0 bridgehead atoms. The summed E-state index contributed by atoms with van der Waals surface area (Å²) >= 11 is 0. The Labute approximate surface area is 109 Å². The van der Waals surface area contributed by atoms with Crippen LogP contribution < -0.4 is 5.32 Å². The Morgan fingerprint density at radius 2 is 2.17 bits per heavy atom. The van der Waals surface area contributed by atoms with E-state index in [1.165, 1.54) is 32.1 Å². The van der Waals surface area contributed by atoms with Crippen LogP contribution >= 0.6 is 0 Å². The van der Waals surface area contributed by atoms with Crippen molar-refractivity contribution in [2.24, 2.45) is 0 Å². The Balaban J connectivity index is 1.56. The van der Waals surface area contributed by atoms with Crippen molar-refractivity contribution in [3.05, 3.63) is 0 Å². The first-order valence-corrected chi connectivity index (χ1v) is 7.39. The largest absolute Gasteiger partial charge is 0.370 e. The van der Waals surface area contributed by atoms with Gasteiger partial charge in [0, 0.05) is 19.6 Å². The lowest BCUT2D eigenvalue weighted by Crippen LogP contribution is -2.55. The molecule has 3 rings (SSSR count). The molecule has 0 radical (unpaired) electrons. The fourth-order valence-electron chi connectivity index (χ4n) is 3.73. The summed E-state index contributed by atoms with van der Waals surface area (Å²) < 4.78 is 6.28. The Hall–Kier alpha value is -0.610. The SMILES string of the molecule is CC1NCCN(CC2CCC3(CCCC3)O2)C1=O. The van der Waals surface area contributed by atoms with Crippen LogP contribution in [0, 0.1) is 0 Å². The van der Waals surface area contributed by atoms with Crippen molar-refractivity contribution in [3.63, 3.8) is 0 Å². The average Bonchev–Trinajstić information content (AvgIpc) is 2.97. The fourth-order valence-corrected chi connectivity index (χ4v) is 3.73. The minimum absolute atomic E-state index is 0.0272. The van der Waals surface area contributed by atoms with Crippen LogP contribution in [0.3, 0.4) is 0 Å².